The molecule has 166 valence electrons. The SMILES string of the molecule is CN=C(NCCc1ccc2c(c1)CCO2)NCc1ccc(C)cc1OCC1CCCO1. The summed E-state index contributed by atoms with van der Waals surface area (Å²) in [7, 11) is 1.80. The monoisotopic (exact) mass is 423 g/mol. The highest BCUT2D eigenvalue weighted by Crippen LogP contribution is 2.26. The van der Waals surface area contributed by atoms with E-state index in [4.69, 9.17) is 14.2 Å². The minimum absolute atomic E-state index is 0.210. The molecule has 0 saturated carbocycles. The minimum Gasteiger partial charge on any atom is -0.493 e. The van der Waals surface area contributed by atoms with Gasteiger partial charge in [0.05, 0.1) is 12.7 Å². The first kappa shape index (κ1) is 21.5. The smallest absolute Gasteiger partial charge is 0.191 e. The van der Waals surface area contributed by atoms with Gasteiger partial charge in [0.2, 0.25) is 0 Å². The van der Waals surface area contributed by atoms with E-state index in [1.807, 2.05) is 0 Å². The molecular formula is C25H33N3O3. The summed E-state index contributed by atoms with van der Waals surface area (Å²) in [4.78, 5) is 4.36. The van der Waals surface area contributed by atoms with Crippen LogP contribution >= 0.6 is 0 Å². The van der Waals surface area contributed by atoms with Crippen molar-refractivity contribution in [3.05, 3.63) is 58.7 Å². The van der Waals surface area contributed by atoms with Crippen LogP contribution in [-0.2, 0) is 24.1 Å². The fourth-order valence-corrected chi connectivity index (χ4v) is 4.02. The summed E-state index contributed by atoms with van der Waals surface area (Å²) in [6.45, 7) is 5.80. The zero-order valence-corrected chi connectivity index (χ0v) is 18.6. The molecule has 2 heterocycles. The predicted molar refractivity (Wildman–Crippen MR) is 123 cm³/mol. The molecule has 1 saturated heterocycles. The highest BCUT2D eigenvalue weighted by Gasteiger charge is 2.17. The van der Waals surface area contributed by atoms with Crippen LogP contribution in [0.3, 0.4) is 0 Å². The van der Waals surface area contributed by atoms with Gasteiger partial charge in [-0.2, -0.15) is 0 Å². The van der Waals surface area contributed by atoms with Crippen molar-refractivity contribution in [2.75, 3.05) is 33.4 Å². The van der Waals surface area contributed by atoms with E-state index < -0.39 is 0 Å². The number of hydrogen-bond donors (Lipinski definition) is 2. The molecule has 2 aromatic carbocycles. The van der Waals surface area contributed by atoms with Crippen LogP contribution in [-0.4, -0.2) is 45.5 Å². The van der Waals surface area contributed by atoms with Crippen molar-refractivity contribution < 1.29 is 14.2 Å². The average Bonchev–Trinajstić information content (AvgIpc) is 3.47. The van der Waals surface area contributed by atoms with Crippen molar-refractivity contribution in [1.82, 2.24) is 10.6 Å². The summed E-state index contributed by atoms with van der Waals surface area (Å²) in [6, 6.07) is 12.8. The van der Waals surface area contributed by atoms with Crippen molar-refractivity contribution >= 4 is 5.96 Å². The lowest BCUT2D eigenvalue weighted by molar-refractivity contribution is 0.0676. The van der Waals surface area contributed by atoms with Gasteiger partial charge in [-0.15, -0.1) is 0 Å². The standard InChI is InChI=1S/C25H33N3O3/c1-18-5-7-21(24(14-18)31-17-22-4-3-12-29-22)16-28-25(26-2)27-11-9-19-6-8-23-20(15-19)10-13-30-23/h5-8,14-15,22H,3-4,9-13,16-17H2,1-2H3,(H2,26,27,28). The Bertz CT molecular complexity index is 907. The second kappa shape index (κ2) is 10.5. The fourth-order valence-electron chi connectivity index (χ4n) is 4.02. The maximum Gasteiger partial charge on any atom is 0.191 e. The van der Waals surface area contributed by atoms with Crippen LogP contribution in [0.25, 0.3) is 0 Å². The van der Waals surface area contributed by atoms with Crippen LogP contribution in [0.5, 0.6) is 11.5 Å². The largest absolute Gasteiger partial charge is 0.493 e. The molecular weight excluding hydrogens is 390 g/mol. The van der Waals surface area contributed by atoms with Crippen LogP contribution in [0.4, 0.5) is 0 Å². The molecule has 0 aromatic heterocycles. The Labute approximate surface area is 185 Å². The Balaban J connectivity index is 1.27. The summed E-state index contributed by atoms with van der Waals surface area (Å²) in [5.41, 5.74) is 4.93. The van der Waals surface area contributed by atoms with Gasteiger partial charge in [-0.05, 0) is 55.0 Å². The number of hydrogen-bond acceptors (Lipinski definition) is 4. The molecule has 2 aliphatic heterocycles. The summed E-state index contributed by atoms with van der Waals surface area (Å²) in [6.07, 6.45) is 4.36. The molecule has 2 N–H and O–H groups in total. The third kappa shape index (κ3) is 5.91. The molecule has 0 radical (unpaired) electrons. The Morgan fingerprint density at radius 2 is 2.10 bits per heavy atom. The third-order valence-electron chi connectivity index (χ3n) is 5.80. The molecule has 1 unspecified atom stereocenters. The van der Waals surface area contributed by atoms with Gasteiger partial charge < -0.3 is 24.8 Å². The van der Waals surface area contributed by atoms with E-state index >= 15 is 0 Å². The second-order valence-corrected chi connectivity index (χ2v) is 8.20. The van der Waals surface area contributed by atoms with E-state index in [1.54, 1.807) is 7.05 Å². The van der Waals surface area contributed by atoms with Crippen molar-refractivity contribution in [2.45, 2.75) is 45.3 Å². The van der Waals surface area contributed by atoms with E-state index in [0.717, 1.165) is 68.5 Å². The molecule has 0 aliphatic carbocycles. The highest BCUT2D eigenvalue weighted by molar-refractivity contribution is 5.79. The summed E-state index contributed by atoms with van der Waals surface area (Å²) >= 11 is 0. The van der Waals surface area contributed by atoms with Crippen LogP contribution in [0.1, 0.15) is 35.1 Å². The van der Waals surface area contributed by atoms with Crippen molar-refractivity contribution in [3.8, 4) is 11.5 Å². The highest BCUT2D eigenvalue weighted by atomic mass is 16.5. The van der Waals surface area contributed by atoms with Gasteiger partial charge in [0.15, 0.2) is 5.96 Å². The fraction of sp³-hybridized carbons (Fsp3) is 0.480. The van der Waals surface area contributed by atoms with E-state index in [1.165, 1.54) is 16.7 Å². The number of aliphatic imine (C=N–C) groups is 1. The molecule has 6 heteroatoms. The zero-order chi connectivity index (χ0) is 21.5. The van der Waals surface area contributed by atoms with E-state index in [-0.39, 0.29) is 6.10 Å². The third-order valence-corrected chi connectivity index (χ3v) is 5.80. The van der Waals surface area contributed by atoms with Gasteiger partial charge in [0.1, 0.15) is 18.1 Å². The first-order valence-electron chi connectivity index (χ1n) is 11.2. The number of guanidine groups is 1. The summed E-state index contributed by atoms with van der Waals surface area (Å²) < 4.78 is 17.4. The van der Waals surface area contributed by atoms with Gasteiger partial charge in [-0.3, -0.25) is 4.99 Å². The maximum absolute atomic E-state index is 6.11. The molecule has 0 amide bonds. The lowest BCUT2D eigenvalue weighted by Crippen LogP contribution is -2.38. The Morgan fingerprint density at radius 1 is 1.16 bits per heavy atom. The van der Waals surface area contributed by atoms with Crippen LogP contribution in [0.15, 0.2) is 41.4 Å². The van der Waals surface area contributed by atoms with Crippen LogP contribution < -0.4 is 20.1 Å². The second-order valence-electron chi connectivity index (χ2n) is 8.20. The molecule has 31 heavy (non-hydrogen) atoms. The van der Waals surface area contributed by atoms with Crippen LogP contribution in [0, 0.1) is 6.92 Å². The average molecular weight is 424 g/mol. The topological polar surface area (TPSA) is 64.1 Å². The van der Waals surface area contributed by atoms with Gasteiger partial charge in [0.25, 0.3) is 0 Å². The van der Waals surface area contributed by atoms with E-state index in [9.17, 15) is 0 Å². The lowest BCUT2D eigenvalue weighted by atomic mass is 10.1. The van der Waals surface area contributed by atoms with Crippen molar-refractivity contribution in [2.24, 2.45) is 4.99 Å². The maximum atomic E-state index is 6.11. The number of rotatable bonds is 8. The van der Waals surface area contributed by atoms with Gasteiger partial charge >= 0.3 is 0 Å². The summed E-state index contributed by atoms with van der Waals surface area (Å²) in [5.74, 6) is 2.73. The normalized spacial score (nSPS) is 17.9. The number of benzene rings is 2. The van der Waals surface area contributed by atoms with E-state index in [0.29, 0.717) is 13.2 Å². The minimum atomic E-state index is 0.210. The number of aryl methyl sites for hydroxylation is 1. The van der Waals surface area contributed by atoms with Crippen molar-refractivity contribution in [1.29, 1.82) is 0 Å². The van der Waals surface area contributed by atoms with Gasteiger partial charge in [0, 0.05) is 38.7 Å². The molecule has 2 aliphatic rings. The van der Waals surface area contributed by atoms with Gasteiger partial charge in [-0.25, -0.2) is 0 Å². The summed E-state index contributed by atoms with van der Waals surface area (Å²) in [5, 5.41) is 6.82. The number of ether oxygens (including phenoxy) is 3. The quantitative estimate of drug-likeness (QED) is 0.503. The van der Waals surface area contributed by atoms with E-state index in [2.05, 4.69) is 58.9 Å². The molecule has 6 nitrogen and oxygen atoms in total. The molecule has 0 spiro atoms. The molecule has 1 fully saturated rings. The number of fused-ring (bicyclic) bond motifs is 1. The van der Waals surface area contributed by atoms with Crippen molar-refractivity contribution in [3.63, 3.8) is 0 Å². The molecule has 0 bridgehead atoms. The first-order chi connectivity index (χ1) is 15.2. The predicted octanol–water partition coefficient (Wildman–Crippen LogP) is 3.40. The van der Waals surface area contributed by atoms with Gasteiger partial charge in [-0.1, -0.05) is 24.3 Å². The zero-order valence-electron chi connectivity index (χ0n) is 18.6. The lowest BCUT2D eigenvalue weighted by Gasteiger charge is -2.17. The van der Waals surface area contributed by atoms with Crippen LogP contribution in [0.2, 0.25) is 0 Å². The number of nitrogens with zero attached hydrogens (tertiary/aromatic N) is 1. The first-order valence-corrected chi connectivity index (χ1v) is 11.2. The Hall–Kier alpha value is -2.73. The molecule has 4 rings (SSSR count). The number of nitrogens with one attached hydrogen (secondary N) is 2. The molecule has 1 atom stereocenters. The Kier molecular flexibility index (Phi) is 7.30. The Morgan fingerprint density at radius 3 is 2.94 bits per heavy atom. The molecule has 2 aromatic rings.